The molecule has 18 heavy (non-hydrogen) atoms. The van der Waals surface area contributed by atoms with Crippen molar-refractivity contribution in [2.24, 2.45) is 5.92 Å². The molecular weight excluding hydrogens is 236 g/mol. The largest absolute Gasteiger partial charge is 0.480 e. The number of carboxylic acids is 1. The van der Waals surface area contributed by atoms with Gasteiger partial charge in [0, 0.05) is 26.1 Å². The second kappa shape index (κ2) is 5.56. The molecule has 1 fully saturated rings. The highest BCUT2D eigenvalue weighted by Crippen LogP contribution is 2.21. The molecule has 0 aromatic carbocycles. The van der Waals surface area contributed by atoms with Gasteiger partial charge < -0.3 is 20.0 Å². The Bertz CT molecular complexity index is 332. The summed E-state index contributed by atoms with van der Waals surface area (Å²) in [6.07, 6.45) is -0.650. The molecular formula is C12H22N2O4. The van der Waals surface area contributed by atoms with Crippen LogP contribution in [-0.4, -0.2) is 63.8 Å². The highest BCUT2D eigenvalue weighted by molar-refractivity contribution is 5.83. The highest BCUT2D eigenvalue weighted by atomic mass is 16.4. The van der Waals surface area contributed by atoms with Crippen molar-refractivity contribution in [3.05, 3.63) is 0 Å². The molecule has 1 rings (SSSR count). The van der Waals surface area contributed by atoms with Crippen molar-refractivity contribution in [1.82, 2.24) is 9.80 Å². The fourth-order valence-electron chi connectivity index (χ4n) is 2.08. The Morgan fingerprint density at radius 2 is 1.89 bits per heavy atom. The van der Waals surface area contributed by atoms with Gasteiger partial charge in [-0.2, -0.15) is 0 Å². The lowest BCUT2D eigenvalue weighted by Gasteiger charge is -2.33. The topological polar surface area (TPSA) is 81.1 Å². The van der Waals surface area contributed by atoms with Crippen LogP contribution in [0.15, 0.2) is 0 Å². The van der Waals surface area contributed by atoms with E-state index in [2.05, 4.69) is 0 Å². The lowest BCUT2D eigenvalue weighted by Crippen LogP contribution is -2.50. The molecule has 1 unspecified atom stereocenters. The molecule has 1 heterocycles. The maximum absolute atomic E-state index is 12.2. The van der Waals surface area contributed by atoms with E-state index in [1.54, 1.807) is 11.9 Å². The number of carbonyl (C=O) groups is 2. The van der Waals surface area contributed by atoms with E-state index in [-0.39, 0.29) is 31.0 Å². The molecule has 0 aromatic rings. The van der Waals surface area contributed by atoms with Crippen molar-refractivity contribution in [2.75, 3.05) is 13.6 Å². The van der Waals surface area contributed by atoms with Crippen LogP contribution in [0.2, 0.25) is 0 Å². The van der Waals surface area contributed by atoms with Gasteiger partial charge in [-0.05, 0) is 12.8 Å². The Morgan fingerprint density at radius 3 is 2.33 bits per heavy atom. The van der Waals surface area contributed by atoms with Crippen LogP contribution in [0.1, 0.15) is 27.2 Å². The first-order valence-corrected chi connectivity index (χ1v) is 6.20. The third kappa shape index (κ3) is 2.93. The summed E-state index contributed by atoms with van der Waals surface area (Å²) < 4.78 is 0. The Kier molecular flexibility index (Phi) is 4.56. The molecule has 0 saturated carbocycles. The number of β-amino-alcohol motifs (C(OH)–C–C–N with tert-alkyl or cyclic N) is 1. The van der Waals surface area contributed by atoms with Gasteiger partial charge in [-0.25, -0.2) is 9.59 Å². The lowest BCUT2D eigenvalue weighted by molar-refractivity contribution is -0.141. The van der Waals surface area contributed by atoms with Crippen molar-refractivity contribution in [3.8, 4) is 0 Å². The number of aliphatic hydroxyl groups excluding tert-OH is 1. The fourth-order valence-corrected chi connectivity index (χ4v) is 2.08. The number of urea groups is 1. The van der Waals surface area contributed by atoms with E-state index < -0.39 is 18.1 Å². The van der Waals surface area contributed by atoms with Gasteiger partial charge in [0.05, 0.1) is 6.10 Å². The summed E-state index contributed by atoms with van der Waals surface area (Å²) >= 11 is 0. The second-order valence-electron chi connectivity index (χ2n) is 5.27. The molecule has 2 N–H and O–H groups in total. The Balaban J connectivity index is 2.79. The minimum Gasteiger partial charge on any atom is -0.480 e. The van der Waals surface area contributed by atoms with Gasteiger partial charge in [0.25, 0.3) is 0 Å². The summed E-state index contributed by atoms with van der Waals surface area (Å²) in [5.74, 6) is -0.778. The van der Waals surface area contributed by atoms with E-state index in [0.29, 0.717) is 0 Å². The number of carbonyl (C=O) groups excluding carboxylic acids is 1. The van der Waals surface area contributed by atoms with Crippen LogP contribution in [0.4, 0.5) is 4.79 Å². The van der Waals surface area contributed by atoms with Gasteiger partial charge in [-0.15, -0.1) is 0 Å². The number of carboxylic acid groups (broad SMARTS) is 1. The van der Waals surface area contributed by atoms with Gasteiger partial charge in [0.1, 0.15) is 6.04 Å². The molecule has 6 heteroatoms. The first-order valence-electron chi connectivity index (χ1n) is 6.20. The molecule has 0 bridgehead atoms. The predicted molar refractivity (Wildman–Crippen MR) is 66.2 cm³/mol. The van der Waals surface area contributed by atoms with E-state index in [1.807, 2.05) is 20.8 Å². The zero-order valence-electron chi connectivity index (χ0n) is 11.3. The molecule has 0 aliphatic carbocycles. The molecule has 0 spiro atoms. The lowest BCUT2D eigenvalue weighted by atomic mass is 10.1. The van der Waals surface area contributed by atoms with Gasteiger partial charge in [0.2, 0.25) is 0 Å². The maximum Gasteiger partial charge on any atom is 0.326 e. The molecule has 1 saturated heterocycles. The summed E-state index contributed by atoms with van der Waals surface area (Å²) in [7, 11) is 1.66. The number of amides is 2. The van der Waals surface area contributed by atoms with Crippen LogP contribution in [0, 0.1) is 5.92 Å². The van der Waals surface area contributed by atoms with Crippen LogP contribution in [0.5, 0.6) is 0 Å². The van der Waals surface area contributed by atoms with Crippen molar-refractivity contribution in [3.63, 3.8) is 0 Å². The van der Waals surface area contributed by atoms with Gasteiger partial charge >= 0.3 is 12.0 Å². The minimum atomic E-state index is -1.06. The molecule has 2 amide bonds. The third-order valence-electron chi connectivity index (χ3n) is 3.69. The number of nitrogens with zero attached hydrogens (tertiary/aromatic N) is 2. The average Bonchev–Trinajstić information content (AvgIpc) is 2.68. The van der Waals surface area contributed by atoms with Crippen LogP contribution in [-0.2, 0) is 4.79 Å². The van der Waals surface area contributed by atoms with Crippen molar-refractivity contribution < 1.29 is 19.8 Å². The third-order valence-corrected chi connectivity index (χ3v) is 3.69. The molecule has 1 aliphatic heterocycles. The molecule has 0 radical (unpaired) electrons. The SMILES string of the molecule is CC(C)C(C)N(C)C(=O)N1C[C@H](O)C[C@@H]1C(=O)O. The summed E-state index contributed by atoms with van der Waals surface area (Å²) in [4.78, 5) is 26.1. The van der Waals surface area contributed by atoms with E-state index >= 15 is 0 Å². The standard InChI is InChI=1S/C12H22N2O4/c1-7(2)8(3)13(4)12(18)14-6-9(15)5-10(14)11(16)17/h7-10,15H,5-6H2,1-4H3,(H,16,17)/t8?,9-,10-/m1/s1. The van der Waals surface area contributed by atoms with Crippen LogP contribution in [0.25, 0.3) is 0 Å². The first-order chi connectivity index (χ1) is 8.25. The Hall–Kier alpha value is -1.30. The summed E-state index contributed by atoms with van der Waals surface area (Å²) in [6.45, 7) is 6.01. The molecule has 0 aromatic heterocycles. The normalized spacial score (nSPS) is 25.3. The van der Waals surface area contributed by atoms with Gasteiger partial charge in [-0.3, -0.25) is 0 Å². The Morgan fingerprint density at radius 1 is 1.33 bits per heavy atom. The summed E-state index contributed by atoms with van der Waals surface area (Å²) in [5, 5.41) is 18.6. The zero-order chi connectivity index (χ0) is 14.0. The number of hydrogen-bond donors (Lipinski definition) is 2. The van der Waals surface area contributed by atoms with Crippen LogP contribution in [0.3, 0.4) is 0 Å². The first kappa shape index (κ1) is 14.8. The summed E-state index contributed by atoms with van der Waals surface area (Å²) in [6, 6.07) is -1.24. The Labute approximate surface area is 107 Å². The molecule has 6 nitrogen and oxygen atoms in total. The quantitative estimate of drug-likeness (QED) is 0.777. The fraction of sp³-hybridized carbons (Fsp3) is 0.833. The number of rotatable bonds is 3. The average molecular weight is 258 g/mol. The van der Waals surface area contributed by atoms with Gasteiger partial charge in [-0.1, -0.05) is 13.8 Å². The highest BCUT2D eigenvalue weighted by Gasteiger charge is 2.40. The molecule has 3 atom stereocenters. The molecule has 1 aliphatic rings. The molecule has 104 valence electrons. The maximum atomic E-state index is 12.2. The monoisotopic (exact) mass is 258 g/mol. The van der Waals surface area contributed by atoms with Crippen molar-refractivity contribution in [1.29, 1.82) is 0 Å². The van der Waals surface area contributed by atoms with E-state index in [4.69, 9.17) is 5.11 Å². The van der Waals surface area contributed by atoms with Crippen molar-refractivity contribution in [2.45, 2.75) is 45.4 Å². The van der Waals surface area contributed by atoms with Crippen LogP contribution < -0.4 is 0 Å². The van der Waals surface area contributed by atoms with E-state index in [1.165, 1.54) is 4.90 Å². The van der Waals surface area contributed by atoms with E-state index in [9.17, 15) is 14.7 Å². The minimum absolute atomic E-state index is 0.0182. The second-order valence-corrected chi connectivity index (χ2v) is 5.27. The number of likely N-dealkylation sites (tertiary alicyclic amines) is 1. The number of aliphatic carboxylic acids is 1. The van der Waals surface area contributed by atoms with E-state index in [0.717, 1.165) is 0 Å². The summed E-state index contributed by atoms with van der Waals surface area (Å²) in [5.41, 5.74) is 0. The van der Waals surface area contributed by atoms with Gasteiger partial charge in [0.15, 0.2) is 0 Å². The smallest absolute Gasteiger partial charge is 0.326 e. The number of hydrogen-bond acceptors (Lipinski definition) is 3. The van der Waals surface area contributed by atoms with Crippen molar-refractivity contribution >= 4 is 12.0 Å². The zero-order valence-corrected chi connectivity index (χ0v) is 11.3. The number of aliphatic hydroxyl groups is 1. The van der Waals surface area contributed by atoms with Crippen LogP contribution >= 0.6 is 0 Å². The predicted octanol–water partition coefficient (Wildman–Crippen LogP) is 0.603.